The van der Waals surface area contributed by atoms with E-state index in [4.69, 9.17) is 5.26 Å². The van der Waals surface area contributed by atoms with Crippen LogP contribution in [0.3, 0.4) is 0 Å². The maximum Gasteiger partial charge on any atom is 0.112 e. The second-order valence-electron chi connectivity index (χ2n) is 3.41. The highest BCUT2D eigenvalue weighted by Gasteiger charge is 1.99. The quantitative estimate of drug-likeness (QED) is 0.880. The minimum Gasteiger partial charge on any atom is -0.378 e. The molecule has 0 unspecified atom stereocenters. The highest BCUT2D eigenvalue weighted by Crippen LogP contribution is 2.14. The molecule has 16 heavy (non-hydrogen) atoms. The molecule has 0 fully saturated rings. The van der Waals surface area contributed by atoms with Gasteiger partial charge in [0, 0.05) is 16.8 Å². The van der Waals surface area contributed by atoms with E-state index in [9.17, 15) is 0 Å². The molecule has 0 radical (unpaired) electrons. The van der Waals surface area contributed by atoms with Crippen LogP contribution >= 0.6 is 11.3 Å². The molecule has 0 aliphatic heterocycles. The standard InChI is InChI=1S/C12H11N3S/c1-9-7-15-12(16-9)8-14-11-4-2-3-10(5-11)6-13/h2-5,7,14H,8H2,1H3. The first-order valence-electron chi connectivity index (χ1n) is 4.93. The summed E-state index contributed by atoms with van der Waals surface area (Å²) in [5.74, 6) is 0. The number of rotatable bonds is 3. The molecule has 0 saturated heterocycles. The van der Waals surface area contributed by atoms with E-state index in [0.29, 0.717) is 12.1 Å². The third kappa shape index (κ3) is 2.59. The Morgan fingerprint density at radius 1 is 1.50 bits per heavy atom. The number of benzene rings is 1. The second kappa shape index (κ2) is 4.77. The van der Waals surface area contributed by atoms with Gasteiger partial charge in [0.05, 0.1) is 18.2 Å². The molecule has 0 spiro atoms. The van der Waals surface area contributed by atoms with Crippen molar-refractivity contribution in [3.63, 3.8) is 0 Å². The van der Waals surface area contributed by atoms with Crippen LogP contribution in [0.2, 0.25) is 0 Å². The Bertz CT molecular complexity index is 525. The van der Waals surface area contributed by atoms with E-state index in [1.807, 2.05) is 31.3 Å². The van der Waals surface area contributed by atoms with Crippen LogP contribution in [0, 0.1) is 18.3 Å². The minimum atomic E-state index is 0.667. The first kappa shape index (κ1) is 10.7. The van der Waals surface area contributed by atoms with Crippen molar-refractivity contribution in [1.82, 2.24) is 4.98 Å². The molecule has 80 valence electrons. The highest BCUT2D eigenvalue weighted by molar-refractivity contribution is 7.11. The number of aryl methyl sites for hydroxylation is 1. The Morgan fingerprint density at radius 2 is 2.38 bits per heavy atom. The summed E-state index contributed by atoms with van der Waals surface area (Å²) >= 11 is 1.68. The van der Waals surface area contributed by atoms with Crippen molar-refractivity contribution in [2.45, 2.75) is 13.5 Å². The molecule has 2 rings (SSSR count). The lowest BCUT2D eigenvalue weighted by Gasteiger charge is -2.03. The molecule has 0 saturated carbocycles. The molecular formula is C12H11N3S. The van der Waals surface area contributed by atoms with Crippen molar-refractivity contribution in [3.8, 4) is 6.07 Å². The van der Waals surface area contributed by atoms with Gasteiger partial charge in [0.25, 0.3) is 0 Å². The molecule has 2 aromatic rings. The Labute approximate surface area is 98.4 Å². The molecule has 0 aliphatic rings. The fraction of sp³-hybridized carbons (Fsp3) is 0.167. The van der Waals surface area contributed by atoms with Gasteiger partial charge < -0.3 is 5.32 Å². The molecule has 0 amide bonds. The predicted molar refractivity (Wildman–Crippen MR) is 65.3 cm³/mol. The number of nitrogens with zero attached hydrogens (tertiary/aromatic N) is 2. The molecule has 1 heterocycles. The zero-order valence-electron chi connectivity index (χ0n) is 8.90. The first-order valence-corrected chi connectivity index (χ1v) is 5.75. The number of thiazole rings is 1. The molecule has 0 bridgehead atoms. The molecule has 1 N–H and O–H groups in total. The van der Waals surface area contributed by atoms with Crippen LogP contribution in [0.1, 0.15) is 15.4 Å². The van der Waals surface area contributed by atoms with Crippen molar-refractivity contribution in [1.29, 1.82) is 5.26 Å². The zero-order chi connectivity index (χ0) is 11.4. The lowest BCUT2D eigenvalue weighted by Crippen LogP contribution is -1.98. The molecular weight excluding hydrogens is 218 g/mol. The van der Waals surface area contributed by atoms with E-state index in [0.717, 1.165) is 10.7 Å². The fourth-order valence-corrected chi connectivity index (χ4v) is 2.09. The number of anilines is 1. The number of aromatic nitrogens is 1. The van der Waals surface area contributed by atoms with E-state index in [1.54, 1.807) is 17.4 Å². The summed E-state index contributed by atoms with van der Waals surface area (Å²) in [5, 5.41) is 13.1. The number of nitrogens with one attached hydrogen (secondary N) is 1. The molecule has 4 heteroatoms. The second-order valence-corrected chi connectivity index (χ2v) is 4.73. The topological polar surface area (TPSA) is 48.7 Å². The van der Waals surface area contributed by atoms with Gasteiger partial charge in [0.1, 0.15) is 5.01 Å². The monoisotopic (exact) mass is 229 g/mol. The Balaban J connectivity index is 2.02. The number of hydrogen-bond donors (Lipinski definition) is 1. The van der Waals surface area contributed by atoms with Crippen molar-refractivity contribution in [3.05, 3.63) is 45.9 Å². The average Bonchev–Trinajstić information content (AvgIpc) is 2.73. The number of hydrogen-bond acceptors (Lipinski definition) is 4. The predicted octanol–water partition coefficient (Wildman–Crippen LogP) is 2.94. The third-order valence-corrected chi connectivity index (χ3v) is 3.02. The molecule has 1 aromatic carbocycles. The summed E-state index contributed by atoms with van der Waals surface area (Å²) in [6, 6.07) is 9.56. The average molecular weight is 229 g/mol. The van der Waals surface area contributed by atoms with Crippen LogP contribution in [-0.4, -0.2) is 4.98 Å². The van der Waals surface area contributed by atoms with Gasteiger partial charge >= 0.3 is 0 Å². The van der Waals surface area contributed by atoms with Crippen molar-refractivity contribution < 1.29 is 0 Å². The minimum absolute atomic E-state index is 0.667. The SMILES string of the molecule is Cc1cnc(CNc2cccc(C#N)c2)s1. The van der Waals surface area contributed by atoms with Crippen LogP contribution in [0.5, 0.6) is 0 Å². The Kier molecular flexibility index (Phi) is 3.18. The molecule has 0 atom stereocenters. The van der Waals surface area contributed by atoms with Gasteiger partial charge in [0.2, 0.25) is 0 Å². The van der Waals surface area contributed by atoms with Crippen molar-refractivity contribution in [2.24, 2.45) is 0 Å². The van der Waals surface area contributed by atoms with Gasteiger partial charge in [-0.1, -0.05) is 6.07 Å². The van der Waals surface area contributed by atoms with E-state index < -0.39 is 0 Å². The summed E-state index contributed by atoms with van der Waals surface area (Å²) in [4.78, 5) is 5.48. The van der Waals surface area contributed by atoms with Gasteiger partial charge in [-0.15, -0.1) is 11.3 Å². The fourth-order valence-electron chi connectivity index (χ4n) is 1.36. The summed E-state index contributed by atoms with van der Waals surface area (Å²) in [6.07, 6.45) is 1.87. The molecule has 0 aliphatic carbocycles. The normalized spacial score (nSPS) is 9.75. The Morgan fingerprint density at radius 3 is 3.06 bits per heavy atom. The van der Waals surface area contributed by atoms with E-state index in [1.165, 1.54) is 4.88 Å². The van der Waals surface area contributed by atoms with Crippen molar-refractivity contribution in [2.75, 3.05) is 5.32 Å². The van der Waals surface area contributed by atoms with Crippen LogP contribution < -0.4 is 5.32 Å². The van der Waals surface area contributed by atoms with Crippen LogP contribution in [0.4, 0.5) is 5.69 Å². The lowest BCUT2D eigenvalue weighted by atomic mass is 10.2. The highest BCUT2D eigenvalue weighted by atomic mass is 32.1. The summed E-state index contributed by atoms with van der Waals surface area (Å²) in [7, 11) is 0. The van der Waals surface area contributed by atoms with Crippen LogP contribution in [0.25, 0.3) is 0 Å². The van der Waals surface area contributed by atoms with E-state index in [2.05, 4.69) is 16.4 Å². The molecule has 1 aromatic heterocycles. The smallest absolute Gasteiger partial charge is 0.112 e. The van der Waals surface area contributed by atoms with Gasteiger partial charge in [-0.2, -0.15) is 5.26 Å². The van der Waals surface area contributed by atoms with Gasteiger partial charge in [-0.05, 0) is 25.1 Å². The zero-order valence-corrected chi connectivity index (χ0v) is 9.71. The summed E-state index contributed by atoms with van der Waals surface area (Å²) in [6.45, 7) is 2.74. The Hall–Kier alpha value is -1.86. The van der Waals surface area contributed by atoms with E-state index in [-0.39, 0.29) is 0 Å². The molecule has 3 nitrogen and oxygen atoms in total. The maximum absolute atomic E-state index is 8.76. The van der Waals surface area contributed by atoms with Crippen LogP contribution in [0.15, 0.2) is 30.5 Å². The third-order valence-electron chi connectivity index (χ3n) is 2.10. The summed E-state index contributed by atoms with van der Waals surface area (Å²) in [5.41, 5.74) is 1.62. The van der Waals surface area contributed by atoms with E-state index >= 15 is 0 Å². The summed E-state index contributed by atoms with van der Waals surface area (Å²) < 4.78 is 0. The van der Waals surface area contributed by atoms with Gasteiger partial charge in [0.15, 0.2) is 0 Å². The first-order chi connectivity index (χ1) is 7.78. The van der Waals surface area contributed by atoms with Gasteiger partial charge in [-0.3, -0.25) is 0 Å². The maximum atomic E-state index is 8.76. The van der Waals surface area contributed by atoms with Gasteiger partial charge in [-0.25, -0.2) is 4.98 Å². The largest absolute Gasteiger partial charge is 0.378 e. The van der Waals surface area contributed by atoms with Crippen LogP contribution in [-0.2, 0) is 6.54 Å². The number of nitriles is 1. The lowest BCUT2D eigenvalue weighted by molar-refractivity contribution is 1.10. The van der Waals surface area contributed by atoms with Crippen molar-refractivity contribution >= 4 is 17.0 Å².